The Morgan fingerprint density at radius 1 is 0.737 bits per heavy atom. The average molecular weight is 513 g/mol. The van der Waals surface area contributed by atoms with E-state index >= 15 is 0 Å². The van der Waals surface area contributed by atoms with Crippen molar-refractivity contribution in [1.82, 2.24) is 9.97 Å². The number of aromatic nitrogens is 2. The molecule has 7 nitrogen and oxygen atoms in total. The second-order valence-electron chi connectivity index (χ2n) is 9.25. The fourth-order valence-electron chi connectivity index (χ4n) is 4.54. The number of nitrogens with zero attached hydrogens (tertiary/aromatic N) is 2. The average Bonchev–Trinajstić information content (AvgIpc) is 3.27. The highest BCUT2D eigenvalue weighted by atomic mass is 16.7. The molecule has 4 atom stereocenters. The first kappa shape index (κ1) is 26.0. The van der Waals surface area contributed by atoms with E-state index in [1.54, 1.807) is 0 Å². The van der Waals surface area contributed by atoms with E-state index in [0.29, 0.717) is 25.5 Å². The van der Waals surface area contributed by atoms with Crippen LogP contribution in [0.25, 0.3) is 0 Å². The van der Waals surface area contributed by atoms with Crippen LogP contribution < -0.4 is 4.74 Å². The predicted molar refractivity (Wildman–Crippen MR) is 142 cm³/mol. The molecular formula is C31H32N2O5. The molecule has 5 rings (SSSR count). The third kappa shape index (κ3) is 6.09. The van der Waals surface area contributed by atoms with Crippen LogP contribution in [0.2, 0.25) is 0 Å². The van der Waals surface area contributed by atoms with Gasteiger partial charge in [0.2, 0.25) is 11.7 Å². The Morgan fingerprint density at radius 2 is 1.29 bits per heavy atom. The van der Waals surface area contributed by atoms with E-state index in [1.165, 1.54) is 12.4 Å². The van der Waals surface area contributed by atoms with Gasteiger partial charge in [0.1, 0.15) is 24.5 Å². The second kappa shape index (κ2) is 12.3. The summed E-state index contributed by atoms with van der Waals surface area (Å²) in [5.41, 5.74) is 3.27. The molecule has 1 N–H and O–H groups in total. The minimum Gasteiger partial charge on any atom is -0.472 e. The Morgan fingerprint density at radius 3 is 1.82 bits per heavy atom. The lowest BCUT2D eigenvalue weighted by molar-refractivity contribution is -0.252. The van der Waals surface area contributed by atoms with Gasteiger partial charge in [0, 0.05) is 0 Å². The van der Waals surface area contributed by atoms with Crippen LogP contribution >= 0.6 is 0 Å². The fourth-order valence-corrected chi connectivity index (χ4v) is 4.54. The monoisotopic (exact) mass is 512 g/mol. The van der Waals surface area contributed by atoms with Gasteiger partial charge in [-0.1, -0.05) is 97.9 Å². The Kier molecular flexibility index (Phi) is 8.41. The Labute approximate surface area is 223 Å². The SMILES string of the molecule is CC[C@H]1O[C@@](O)(c2cnc(OCc3ccccc3)cn2)[C@@H](OCc2ccccc2)C1OCc1ccccc1. The molecule has 0 bridgehead atoms. The van der Waals surface area contributed by atoms with E-state index in [2.05, 4.69) is 9.97 Å². The molecule has 196 valence electrons. The molecule has 0 amide bonds. The minimum absolute atomic E-state index is 0.242. The molecule has 1 fully saturated rings. The van der Waals surface area contributed by atoms with Gasteiger partial charge in [0.15, 0.2) is 0 Å². The summed E-state index contributed by atoms with van der Waals surface area (Å²) in [6, 6.07) is 29.5. The summed E-state index contributed by atoms with van der Waals surface area (Å²) in [6.07, 6.45) is 1.84. The van der Waals surface area contributed by atoms with Gasteiger partial charge in [-0.15, -0.1) is 0 Å². The topological polar surface area (TPSA) is 82.9 Å². The molecular weight excluding hydrogens is 480 g/mol. The van der Waals surface area contributed by atoms with E-state index in [-0.39, 0.29) is 12.3 Å². The molecule has 1 unspecified atom stereocenters. The van der Waals surface area contributed by atoms with Crippen LogP contribution in [0.1, 0.15) is 35.7 Å². The van der Waals surface area contributed by atoms with Gasteiger partial charge >= 0.3 is 0 Å². The van der Waals surface area contributed by atoms with Crippen LogP contribution in [0, 0.1) is 0 Å². The molecule has 4 aromatic rings. The zero-order valence-electron chi connectivity index (χ0n) is 21.4. The second-order valence-corrected chi connectivity index (χ2v) is 9.25. The van der Waals surface area contributed by atoms with Crippen molar-refractivity contribution in [2.24, 2.45) is 0 Å². The molecule has 1 aliphatic heterocycles. The van der Waals surface area contributed by atoms with Crippen molar-refractivity contribution in [3.63, 3.8) is 0 Å². The van der Waals surface area contributed by atoms with Crippen molar-refractivity contribution in [3.8, 4) is 5.88 Å². The van der Waals surface area contributed by atoms with E-state index in [1.807, 2.05) is 97.9 Å². The van der Waals surface area contributed by atoms with Crippen molar-refractivity contribution >= 4 is 0 Å². The standard InChI is InChI=1S/C31H32N2O5/c1-2-26-29(36-21-24-14-8-4-9-15-24)30(37-22-25-16-10-5-11-17-25)31(34,38-26)27-18-33-28(19-32-27)35-20-23-12-6-3-7-13-23/h3-19,26,29-30,34H,2,20-22H2,1H3/t26-,29?,30+,31+/m1/s1. The molecule has 1 aromatic heterocycles. The summed E-state index contributed by atoms with van der Waals surface area (Å²) in [4.78, 5) is 8.86. The number of rotatable bonds is 11. The quantitative estimate of drug-likeness (QED) is 0.296. The van der Waals surface area contributed by atoms with Crippen LogP contribution in [0.15, 0.2) is 103 Å². The van der Waals surface area contributed by atoms with Gasteiger partial charge < -0.3 is 24.1 Å². The van der Waals surface area contributed by atoms with Crippen LogP contribution in [0.3, 0.4) is 0 Å². The summed E-state index contributed by atoms with van der Waals surface area (Å²) < 4.78 is 24.7. The van der Waals surface area contributed by atoms with E-state index < -0.39 is 24.1 Å². The number of ether oxygens (including phenoxy) is 4. The summed E-state index contributed by atoms with van der Waals surface area (Å²) >= 11 is 0. The number of hydrogen-bond acceptors (Lipinski definition) is 7. The first-order chi connectivity index (χ1) is 18.7. The molecule has 7 heteroatoms. The first-order valence-electron chi connectivity index (χ1n) is 12.9. The lowest BCUT2D eigenvalue weighted by atomic mass is 10.0. The smallest absolute Gasteiger partial charge is 0.241 e. The molecule has 0 spiro atoms. The maximum absolute atomic E-state index is 11.9. The normalized spacial score (nSPS) is 22.8. The highest BCUT2D eigenvalue weighted by Gasteiger charge is 2.57. The molecule has 0 radical (unpaired) electrons. The highest BCUT2D eigenvalue weighted by Crippen LogP contribution is 2.42. The lowest BCUT2D eigenvalue weighted by Gasteiger charge is -2.30. The predicted octanol–water partition coefficient (Wildman–Crippen LogP) is 5.18. The maximum atomic E-state index is 11.9. The van der Waals surface area contributed by atoms with Gasteiger partial charge in [-0.25, -0.2) is 9.97 Å². The van der Waals surface area contributed by atoms with E-state index in [4.69, 9.17) is 18.9 Å². The zero-order valence-corrected chi connectivity index (χ0v) is 21.4. The first-order valence-corrected chi connectivity index (χ1v) is 12.9. The number of benzene rings is 3. The van der Waals surface area contributed by atoms with Crippen LogP contribution in [0.4, 0.5) is 0 Å². The van der Waals surface area contributed by atoms with Gasteiger partial charge in [-0.3, -0.25) is 0 Å². The summed E-state index contributed by atoms with van der Waals surface area (Å²) in [5, 5.41) is 11.9. The third-order valence-electron chi connectivity index (χ3n) is 6.57. The highest BCUT2D eigenvalue weighted by molar-refractivity contribution is 5.20. The molecule has 38 heavy (non-hydrogen) atoms. The fraction of sp³-hybridized carbons (Fsp3) is 0.290. The van der Waals surface area contributed by atoms with Crippen molar-refractivity contribution in [1.29, 1.82) is 0 Å². The van der Waals surface area contributed by atoms with Crippen LogP contribution in [0.5, 0.6) is 5.88 Å². The molecule has 2 heterocycles. The maximum Gasteiger partial charge on any atom is 0.241 e. The van der Waals surface area contributed by atoms with Crippen molar-refractivity contribution in [3.05, 3.63) is 126 Å². The van der Waals surface area contributed by atoms with Crippen molar-refractivity contribution < 1.29 is 24.1 Å². The van der Waals surface area contributed by atoms with Crippen molar-refractivity contribution in [2.45, 2.75) is 57.3 Å². The lowest BCUT2D eigenvalue weighted by Crippen LogP contribution is -2.44. The molecule has 1 aliphatic rings. The molecule has 1 saturated heterocycles. The molecule has 3 aromatic carbocycles. The van der Waals surface area contributed by atoms with E-state index in [9.17, 15) is 5.11 Å². The van der Waals surface area contributed by atoms with Crippen molar-refractivity contribution in [2.75, 3.05) is 0 Å². The zero-order chi connectivity index (χ0) is 26.2. The van der Waals surface area contributed by atoms with Gasteiger partial charge in [-0.05, 0) is 23.1 Å². The van der Waals surface area contributed by atoms with Gasteiger partial charge in [-0.2, -0.15) is 0 Å². The van der Waals surface area contributed by atoms with Crippen LogP contribution in [-0.2, 0) is 39.8 Å². The Bertz CT molecular complexity index is 1260. The largest absolute Gasteiger partial charge is 0.472 e. The van der Waals surface area contributed by atoms with Gasteiger partial charge in [0.25, 0.3) is 0 Å². The number of aliphatic hydroxyl groups is 1. The third-order valence-corrected chi connectivity index (χ3v) is 6.57. The van der Waals surface area contributed by atoms with E-state index in [0.717, 1.165) is 16.7 Å². The number of hydrogen-bond donors (Lipinski definition) is 1. The summed E-state index contributed by atoms with van der Waals surface area (Å²) in [5.74, 6) is -1.49. The summed E-state index contributed by atoms with van der Waals surface area (Å²) in [6.45, 7) is 3.01. The minimum atomic E-state index is -1.85. The Balaban J connectivity index is 1.36. The molecule has 0 saturated carbocycles. The van der Waals surface area contributed by atoms with Gasteiger partial charge in [0.05, 0.1) is 31.7 Å². The molecule has 0 aliphatic carbocycles. The summed E-state index contributed by atoms with van der Waals surface area (Å²) in [7, 11) is 0. The Hall–Kier alpha value is -3.62. The van der Waals surface area contributed by atoms with Crippen LogP contribution in [-0.4, -0.2) is 33.4 Å².